The number of anilines is 2. The third-order valence-corrected chi connectivity index (χ3v) is 4.26. The lowest BCUT2D eigenvalue weighted by Gasteiger charge is -2.10. The highest BCUT2D eigenvalue weighted by Gasteiger charge is 2.12. The summed E-state index contributed by atoms with van der Waals surface area (Å²) in [7, 11) is 0. The molecule has 0 atom stereocenters. The fraction of sp³-hybridized carbons (Fsp3) is 0.182. The van der Waals surface area contributed by atoms with Crippen molar-refractivity contribution in [3.8, 4) is 5.88 Å². The Balaban J connectivity index is 1.64. The number of aromatic nitrogens is 3. The van der Waals surface area contributed by atoms with Crippen LogP contribution < -0.4 is 15.8 Å². The SMILES string of the molecule is C/C=C/COc1cnc(C(=O)Cc2ccc(F)c(CNc3cccnc3N)c2)cn1. The summed E-state index contributed by atoms with van der Waals surface area (Å²) < 4.78 is 19.6. The predicted octanol–water partition coefficient (Wildman–Crippen LogP) is 3.59. The van der Waals surface area contributed by atoms with Gasteiger partial charge >= 0.3 is 0 Å². The first kappa shape index (κ1) is 20.9. The van der Waals surface area contributed by atoms with Crippen LogP contribution in [-0.2, 0) is 13.0 Å². The molecule has 0 bridgehead atoms. The van der Waals surface area contributed by atoms with E-state index >= 15 is 0 Å². The normalized spacial score (nSPS) is 10.9. The number of hydrogen-bond acceptors (Lipinski definition) is 7. The lowest BCUT2D eigenvalue weighted by molar-refractivity contribution is 0.0987. The summed E-state index contributed by atoms with van der Waals surface area (Å²) in [6.07, 6.45) is 8.15. The van der Waals surface area contributed by atoms with E-state index in [0.29, 0.717) is 35.1 Å². The number of nitrogens with two attached hydrogens (primary N) is 1. The summed E-state index contributed by atoms with van der Waals surface area (Å²) in [6, 6.07) is 8.07. The van der Waals surface area contributed by atoms with Gasteiger partial charge in [-0.15, -0.1) is 0 Å². The number of nitrogens with zero attached hydrogens (tertiary/aromatic N) is 3. The number of carbonyl (C=O) groups excluding carboxylic acids is 1. The number of Topliss-reactive ketones (excluding diaryl/α,β-unsaturated/α-hetero) is 1. The van der Waals surface area contributed by atoms with E-state index in [1.54, 1.807) is 30.5 Å². The van der Waals surface area contributed by atoms with Gasteiger partial charge in [0.15, 0.2) is 5.78 Å². The average molecular weight is 407 g/mol. The average Bonchev–Trinajstić information content (AvgIpc) is 2.75. The molecule has 0 radical (unpaired) electrons. The summed E-state index contributed by atoms with van der Waals surface area (Å²) in [5, 5.41) is 3.06. The highest BCUT2D eigenvalue weighted by atomic mass is 19.1. The summed E-state index contributed by atoms with van der Waals surface area (Å²) in [4.78, 5) is 24.7. The molecule has 0 saturated carbocycles. The number of benzene rings is 1. The van der Waals surface area contributed by atoms with Crippen LogP contribution in [0.5, 0.6) is 5.88 Å². The molecule has 154 valence electrons. The van der Waals surface area contributed by atoms with Crippen LogP contribution in [0.2, 0.25) is 0 Å². The molecule has 0 amide bonds. The topological polar surface area (TPSA) is 103 Å². The molecule has 0 spiro atoms. The Labute approximate surface area is 173 Å². The van der Waals surface area contributed by atoms with Crippen LogP contribution in [0.4, 0.5) is 15.9 Å². The number of pyridine rings is 1. The first-order valence-electron chi connectivity index (χ1n) is 9.37. The van der Waals surface area contributed by atoms with Crippen molar-refractivity contribution in [2.24, 2.45) is 0 Å². The number of ketones is 1. The van der Waals surface area contributed by atoms with Gasteiger partial charge in [-0.05, 0) is 30.7 Å². The molecule has 0 aliphatic heterocycles. The van der Waals surface area contributed by atoms with Crippen LogP contribution in [-0.4, -0.2) is 27.3 Å². The van der Waals surface area contributed by atoms with Gasteiger partial charge in [-0.3, -0.25) is 4.79 Å². The first-order chi connectivity index (χ1) is 14.6. The van der Waals surface area contributed by atoms with Crippen molar-refractivity contribution in [3.05, 3.63) is 83.7 Å². The van der Waals surface area contributed by atoms with Gasteiger partial charge in [0, 0.05) is 24.7 Å². The van der Waals surface area contributed by atoms with E-state index < -0.39 is 0 Å². The van der Waals surface area contributed by atoms with Crippen LogP contribution >= 0.6 is 0 Å². The van der Waals surface area contributed by atoms with Crippen molar-refractivity contribution in [1.82, 2.24) is 15.0 Å². The van der Waals surface area contributed by atoms with Gasteiger partial charge in [0.25, 0.3) is 0 Å². The first-order valence-corrected chi connectivity index (χ1v) is 9.37. The largest absolute Gasteiger partial charge is 0.472 e. The third kappa shape index (κ3) is 5.60. The molecule has 7 nitrogen and oxygen atoms in total. The monoisotopic (exact) mass is 407 g/mol. The second kappa shape index (κ2) is 10.1. The van der Waals surface area contributed by atoms with Gasteiger partial charge in [0.1, 0.15) is 23.9 Å². The van der Waals surface area contributed by atoms with Crippen molar-refractivity contribution >= 4 is 17.3 Å². The minimum Gasteiger partial charge on any atom is -0.472 e. The molecular formula is C22H22FN5O2. The Hall–Kier alpha value is -3.81. The van der Waals surface area contributed by atoms with Crippen LogP contribution in [0.15, 0.2) is 61.1 Å². The number of nitrogen functional groups attached to an aromatic ring is 1. The number of rotatable bonds is 9. The van der Waals surface area contributed by atoms with Gasteiger partial charge in [0.2, 0.25) is 5.88 Å². The summed E-state index contributed by atoms with van der Waals surface area (Å²) >= 11 is 0. The van der Waals surface area contributed by atoms with Crippen LogP contribution in [0, 0.1) is 5.82 Å². The van der Waals surface area contributed by atoms with E-state index in [2.05, 4.69) is 20.3 Å². The van der Waals surface area contributed by atoms with Gasteiger partial charge in [-0.25, -0.2) is 19.3 Å². The number of nitrogens with one attached hydrogen (secondary N) is 1. The quantitative estimate of drug-likeness (QED) is 0.413. The predicted molar refractivity (Wildman–Crippen MR) is 113 cm³/mol. The second-order valence-electron chi connectivity index (χ2n) is 6.44. The Morgan fingerprint density at radius 3 is 2.83 bits per heavy atom. The van der Waals surface area contributed by atoms with E-state index in [9.17, 15) is 9.18 Å². The number of carbonyl (C=O) groups is 1. The van der Waals surface area contributed by atoms with Gasteiger partial charge in [0.05, 0.1) is 18.1 Å². The van der Waals surface area contributed by atoms with Crippen molar-refractivity contribution in [1.29, 1.82) is 0 Å². The van der Waals surface area contributed by atoms with Crippen LogP contribution in [0.3, 0.4) is 0 Å². The molecule has 0 fully saturated rings. The Morgan fingerprint density at radius 1 is 1.23 bits per heavy atom. The molecule has 8 heteroatoms. The molecule has 1 aromatic carbocycles. The van der Waals surface area contributed by atoms with Crippen molar-refractivity contribution in [2.45, 2.75) is 19.9 Å². The Morgan fingerprint density at radius 2 is 2.10 bits per heavy atom. The van der Waals surface area contributed by atoms with Crippen molar-refractivity contribution in [3.63, 3.8) is 0 Å². The molecule has 0 aliphatic rings. The molecule has 3 rings (SSSR count). The summed E-state index contributed by atoms with van der Waals surface area (Å²) in [5.74, 6) is 0.0866. The lowest BCUT2D eigenvalue weighted by Crippen LogP contribution is -2.09. The molecule has 30 heavy (non-hydrogen) atoms. The third-order valence-electron chi connectivity index (χ3n) is 4.26. The summed E-state index contributed by atoms with van der Waals surface area (Å²) in [6.45, 7) is 2.49. The zero-order valence-electron chi connectivity index (χ0n) is 16.5. The maximum Gasteiger partial charge on any atom is 0.232 e. The number of ether oxygens (including phenoxy) is 1. The highest BCUT2D eigenvalue weighted by molar-refractivity contribution is 5.95. The van der Waals surface area contributed by atoms with Crippen LogP contribution in [0.1, 0.15) is 28.5 Å². The lowest BCUT2D eigenvalue weighted by atomic mass is 10.0. The number of allylic oxidation sites excluding steroid dienone is 1. The Kier molecular flexibility index (Phi) is 7.05. The van der Waals surface area contributed by atoms with E-state index in [1.807, 2.05) is 19.1 Å². The maximum atomic E-state index is 14.2. The molecule has 3 N–H and O–H groups in total. The van der Waals surface area contributed by atoms with E-state index in [0.717, 1.165) is 0 Å². The molecule has 2 heterocycles. The fourth-order valence-corrected chi connectivity index (χ4v) is 2.67. The minimum absolute atomic E-state index is 0.0791. The zero-order valence-corrected chi connectivity index (χ0v) is 16.5. The van der Waals surface area contributed by atoms with Crippen molar-refractivity contribution < 1.29 is 13.9 Å². The molecule has 0 saturated heterocycles. The second-order valence-corrected chi connectivity index (χ2v) is 6.44. The maximum absolute atomic E-state index is 14.2. The highest BCUT2D eigenvalue weighted by Crippen LogP contribution is 2.18. The van der Waals surface area contributed by atoms with Crippen LogP contribution in [0.25, 0.3) is 0 Å². The molecule has 3 aromatic rings. The zero-order chi connectivity index (χ0) is 21.3. The van der Waals surface area contributed by atoms with E-state index in [4.69, 9.17) is 10.5 Å². The summed E-state index contributed by atoms with van der Waals surface area (Å²) in [5.41, 5.74) is 7.72. The van der Waals surface area contributed by atoms with Gasteiger partial charge in [-0.2, -0.15) is 0 Å². The van der Waals surface area contributed by atoms with E-state index in [-0.39, 0.29) is 30.3 Å². The smallest absolute Gasteiger partial charge is 0.232 e. The molecule has 2 aromatic heterocycles. The minimum atomic E-state index is -0.372. The van der Waals surface area contributed by atoms with E-state index in [1.165, 1.54) is 18.5 Å². The number of hydrogen-bond donors (Lipinski definition) is 2. The fourth-order valence-electron chi connectivity index (χ4n) is 2.67. The van der Waals surface area contributed by atoms with Crippen molar-refractivity contribution in [2.75, 3.05) is 17.7 Å². The Bertz CT molecular complexity index is 1040. The molecular weight excluding hydrogens is 385 g/mol. The van der Waals surface area contributed by atoms with Gasteiger partial charge in [-0.1, -0.05) is 24.3 Å². The number of halogens is 1. The van der Waals surface area contributed by atoms with Gasteiger partial charge < -0.3 is 15.8 Å². The standard InChI is InChI=1S/C22H22FN5O2/c1-2-3-9-30-21-14-27-19(13-28-21)20(29)11-15-6-7-17(23)16(10-15)12-26-18-5-4-8-25-22(18)24/h2-8,10,13-14,26H,9,11-12H2,1H3,(H2,24,25)/b3-2+. The molecule has 0 aliphatic carbocycles. The molecule has 0 unspecified atom stereocenters.